The number of carbonyl (C=O) groups is 1. The molecule has 4 nitrogen and oxygen atoms in total. The molecular weight excluding hydrogens is 418 g/mol. The molecule has 2 aliphatic heterocycles. The maximum absolute atomic E-state index is 14.2. The van der Waals surface area contributed by atoms with Crippen molar-refractivity contribution >= 4 is 17.5 Å². The highest BCUT2D eigenvalue weighted by Crippen LogP contribution is 2.47. The van der Waals surface area contributed by atoms with Gasteiger partial charge >= 0.3 is 0 Å². The van der Waals surface area contributed by atoms with E-state index in [4.69, 9.17) is 11.6 Å². The van der Waals surface area contributed by atoms with Crippen LogP contribution in [0.15, 0.2) is 42.5 Å². The van der Waals surface area contributed by atoms with Crippen LogP contribution in [0, 0.1) is 11.8 Å². The van der Waals surface area contributed by atoms with Gasteiger partial charge in [0.2, 0.25) is 5.91 Å². The SMILES string of the molecule is O=C([C@@H]1C[NH2+]C[C@]12CCCc1nc(Cl)ccc12)N1CCC(c2ccccc2)CC1C1CC1. The molecule has 168 valence electrons. The van der Waals surface area contributed by atoms with Crippen LogP contribution < -0.4 is 5.32 Å². The lowest BCUT2D eigenvalue weighted by Gasteiger charge is -2.44. The fourth-order valence-corrected chi connectivity index (χ4v) is 7.20. The van der Waals surface area contributed by atoms with Crippen molar-refractivity contribution in [2.24, 2.45) is 11.8 Å². The number of fused-ring (bicyclic) bond motifs is 2. The zero-order valence-corrected chi connectivity index (χ0v) is 19.4. The Bertz CT molecular complexity index is 1010. The molecule has 2 aromatic rings. The Kier molecular flexibility index (Phi) is 5.26. The van der Waals surface area contributed by atoms with Gasteiger partial charge in [0.25, 0.3) is 0 Å². The van der Waals surface area contributed by atoms with E-state index in [0.29, 0.717) is 28.9 Å². The van der Waals surface area contributed by atoms with Crippen LogP contribution in [-0.2, 0) is 16.6 Å². The van der Waals surface area contributed by atoms with E-state index < -0.39 is 0 Å². The number of carbonyl (C=O) groups excluding carboxylic acids is 1. The number of benzene rings is 1. The van der Waals surface area contributed by atoms with Gasteiger partial charge in [0.05, 0.1) is 18.5 Å². The predicted octanol–water partition coefficient (Wildman–Crippen LogP) is 3.69. The van der Waals surface area contributed by atoms with Crippen molar-refractivity contribution < 1.29 is 10.1 Å². The number of halogens is 1. The van der Waals surface area contributed by atoms with Crippen molar-refractivity contribution in [1.82, 2.24) is 9.88 Å². The lowest BCUT2D eigenvalue weighted by molar-refractivity contribution is -0.640. The summed E-state index contributed by atoms with van der Waals surface area (Å²) >= 11 is 6.22. The number of quaternary nitrogens is 1. The van der Waals surface area contributed by atoms with Gasteiger partial charge < -0.3 is 10.2 Å². The van der Waals surface area contributed by atoms with Crippen molar-refractivity contribution in [3.63, 3.8) is 0 Å². The van der Waals surface area contributed by atoms with Crippen LogP contribution in [0.2, 0.25) is 5.15 Å². The monoisotopic (exact) mass is 450 g/mol. The van der Waals surface area contributed by atoms with Crippen molar-refractivity contribution in [3.05, 3.63) is 64.4 Å². The molecule has 1 amide bonds. The molecule has 1 aromatic carbocycles. The molecule has 1 spiro atoms. The summed E-state index contributed by atoms with van der Waals surface area (Å²) in [5.74, 6) is 1.74. The quantitative estimate of drug-likeness (QED) is 0.725. The van der Waals surface area contributed by atoms with Gasteiger partial charge in [-0.25, -0.2) is 4.98 Å². The number of piperidine rings is 1. The number of nitrogens with zero attached hydrogens (tertiary/aromatic N) is 2. The number of aryl methyl sites for hydroxylation is 1. The van der Waals surface area contributed by atoms with Crippen molar-refractivity contribution in [1.29, 1.82) is 0 Å². The molecule has 2 N–H and O–H groups in total. The average Bonchev–Trinajstić information content (AvgIpc) is 3.60. The van der Waals surface area contributed by atoms with Gasteiger partial charge in [0.15, 0.2) is 0 Å². The fourth-order valence-electron chi connectivity index (χ4n) is 7.04. The smallest absolute Gasteiger partial charge is 0.232 e. The molecule has 1 saturated carbocycles. The summed E-state index contributed by atoms with van der Waals surface area (Å²) in [6.07, 6.45) is 7.93. The topological polar surface area (TPSA) is 49.8 Å². The summed E-state index contributed by atoms with van der Waals surface area (Å²) in [6, 6.07) is 15.4. The van der Waals surface area contributed by atoms with Gasteiger partial charge in [0.1, 0.15) is 11.1 Å². The number of nitrogens with two attached hydrogens (primary N) is 1. The van der Waals surface area contributed by atoms with Crippen LogP contribution in [0.5, 0.6) is 0 Å². The lowest BCUT2D eigenvalue weighted by Crippen LogP contribution is -2.82. The first-order valence-electron chi connectivity index (χ1n) is 12.5. The van der Waals surface area contributed by atoms with Crippen LogP contribution in [0.1, 0.15) is 61.3 Å². The Morgan fingerprint density at radius 1 is 1.12 bits per heavy atom. The molecule has 0 radical (unpaired) electrons. The largest absolute Gasteiger partial charge is 0.345 e. The Balaban J connectivity index is 1.28. The first kappa shape index (κ1) is 20.7. The minimum Gasteiger partial charge on any atom is -0.345 e. The highest BCUT2D eigenvalue weighted by Gasteiger charge is 2.55. The van der Waals surface area contributed by atoms with E-state index in [0.717, 1.165) is 57.4 Å². The molecule has 1 aromatic heterocycles. The second-order valence-corrected chi connectivity index (χ2v) is 10.9. The first-order valence-corrected chi connectivity index (χ1v) is 12.9. The number of likely N-dealkylation sites (tertiary alicyclic amines) is 1. The molecule has 2 unspecified atom stereocenters. The van der Waals surface area contributed by atoms with Gasteiger partial charge in [0, 0.05) is 18.3 Å². The second kappa shape index (κ2) is 8.14. The van der Waals surface area contributed by atoms with E-state index in [1.807, 2.05) is 6.07 Å². The number of rotatable bonds is 3. The third-order valence-electron chi connectivity index (χ3n) is 8.75. The maximum atomic E-state index is 14.2. The number of aromatic nitrogens is 1. The molecule has 6 rings (SSSR count). The summed E-state index contributed by atoms with van der Waals surface area (Å²) in [6.45, 7) is 2.79. The summed E-state index contributed by atoms with van der Waals surface area (Å²) in [4.78, 5) is 21.2. The minimum absolute atomic E-state index is 0.0547. The Morgan fingerprint density at radius 3 is 2.78 bits per heavy atom. The second-order valence-electron chi connectivity index (χ2n) is 10.5. The molecule has 4 aliphatic rings. The first-order chi connectivity index (χ1) is 15.7. The summed E-state index contributed by atoms with van der Waals surface area (Å²) in [5.41, 5.74) is 3.79. The average molecular weight is 451 g/mol. The maximum Gasteiger partial charge on any atom is 0.232 e. The van der Waals surface area contributed by atoms with Crippen LogP contribution in [0.25, 0.3) is 0 Å². The van der Waals surface area contributed by atoms with Crippen LogP contribution in [0.4, 0.5) is 0 Å². The Morgan fingerprint density at radius 2 is 1.97 bits per heavy atom. The predicted molar refractivity (Wildman–Crippen MR) is 126 cm³/mol. The van der Waals surface area contributed by atoms with E-state index >= 15 is 0 Å². The van der Waals surface area contributed by atoms with Crippen molar-refractivity contribution in [2.75, 3.05) is 19.6 Å². The summed E-state index contributed by atoms with van der Waals surface area (Å²) in [5, 5.41) is 2.94. The van der Waals surface area contributed by atoms with Gasteiger partial charge in [-0.1, -0.05) is 48.0 Å². The number of amides is 1. The third-order valence-corrected chi connectivity index (χ3v) is 8.96. The van der Waals surface area contributed by atoms with Gasteiger partial charge in [-0.15, -0.1) is 0 Å². The highest BCUT2D eigenvalue weighted by molar-refractivity contribution is 6.29. The Labute approximate surface area is 195 Å². The van der Waals surface area contributed by atoms with Gasteiger partial charge in [-0.3, -0.25) is 4.79 Å². The highest BCUT2D eigenvalue weighted by atomic mass is 35.5. The number of hydrogen-bond acceptors (Lipinski definition) is 2. The van der Waals surface area contributed by atoms with Gasteiger partial charge in [-0.05, 0) is 74.0 Å². The van der Waals surface area contributed by atoms with E-state index in [1.54, 1.807) is 0 Å². The summed E-state index contributed by atoms with van der Waals surface area (Å²) < 4.78 is 0. The van der Waals surface area contributed by atoms with E-state index in [-0.39, 0.29) is 11.3 Å². The standard InChI is InChI=1S/C27H32ClN3O/c28-25-11-10-21-23(30-25)7-4-13-27(21)17-29-16-22(27)26(32)31-14-12-20(15-24(31)19-8-9-19)18-5-2-1-3-6-18/h1-3,5-6,10-11,19-20,22,24,29H,4,7-9,12-17H2/p+1/t20?,22-,24?,27-/m0/s1. The molecule has 0 bridgehead atoms. The molecular formula is C27H33ClN3O+. The summed E-state index contributed by atoms with van der Waals surface area (Å²) in [7, 11) is 0. The number of pyridine rings is 1. The zero-order valence-electron chi connectivity index (χ0n) is 18.7. The van der Waals surface area contributed by atoms with E-state index in [9.17, 15) is 4.79 Å². The van der Waals surface area contributed by atoms with E-state index in [1.165, 1.54) is 24.0 Å². The van der Waals surface area contributed by atoms with Crippen molar-refractivity contribution in [3.8, 4) is 0 Å². The molecule has 2 saturated heterocycles. The Hall–Kier alpha value is -1.91. The molecule has 32 heavy (non-hydrogen) atoms. The third kappa shape index (κ3) is 3.47. The van der Waals surface area contributed by atoms with Crippen LogP contribution in [0.3, 0.4) is 0 Å². The van der Waals surface area contributed by atoms with Gasteiger partial charge in [-0.2, -0.15) is 0 Å². The van der Waals surface area contributed by atoms with Crippen LogP contribution >= 0.6 is 11.6 Å². The van der Waals surface area contributed by atoms with Crippen LogP contribution in [-0.4, -0.2) is 41.5 Å². The van der Waals surface area contributed by atoms with E-state index in [2.05, 4.69) is 51.6 Å². The molecule has 2 aliphatic carbocycles. The number of hydrogen-bond donors (Lipinski definition) is 1. The lowest BCUT2D eigenvalue weighted by atomic mass is 9.65. The fraction of sp³-hybridized carbons (Fsp3) is 0.556. The molecule has 5 heteroatoms. The molecule has 3 heterocycles. The molecule has 4 atom stereocenters. The minimum atomic E-state index is -0.0768. The van der Waals surface area contributed by atoms with Crippen molar-refractivity contribution in [2.45, 2.75) is 62.3 Å². The zero-order chi connectivity index (χ0) is 21.7. The normalized spacial score (nSPS) is 32.2. The molecule has 3 fully saturated rings.